The molecular weight excluding hydrogens is 100 g/mol. The third kappa shape index (κ3) is 1010. The quantitative estimate of drug-likeness (QED) is 0.136. The largest absolute Gasteiger partial charge is 0.412 e. The van der Waals surface area contributed by atoms with Gasteiger partial charge < -0.3 is 5.48 Å². The molecule has 14 N–H and O–H groups in total. The van der Waals surface area contributed by atoms with Crippen LogP contribution < -0.4 is 35.1 Å². The lowest BCUT2D eigenvalue weighted by Crippen LogP contribution is -2.02. The van der Waals surface area contributed by atoms with Crippen molar-refractivity contribution in [1.29, 1.82) is 0 Å². The Hall–Kier alpha value is -0.280. The van der Waals surface area contributed by atoms with E-state index in [2.05, 4.69) is 35.1 Å². The highest BCUT2D eigenvalue weighted by Crippen LogP contribution is -0.0150. The van der Waals surface area contributed by atoms with E-state index in [0.717, 1.165) is 0 Å². The van der Waals surface area contributed by atoms with Crippen LogP contribution in [-0.4, -0.2) is 5.48 Å². The summed E-state index contributed by atoms with van der Waals surface area (Å²) in [6.45, 7) is 0. The molecule has 50 valence electrons. The zero-order valence-electron chi connectivity index (χ0n) is 3.96. The van der Waals surface area contributed by atoms with Crippen molar-refractivity contribution < 1.29 is 5.48 Å². The first kappa shape index (κ1) is 29.7. The lowest BCUT2D eigenvalue weighted by molar-refractivity contribution is 0.824. The topological polar surface area (TPSA) is 188 Å². The highest BCUT2D eigenvalue weighted by molar-refractivity contribution is 3.27. The Morgan fingerprint density at radius 1 is 0.429 bits per heavy atom. The molecule has 0 atom stereocenters. The van der Waals surface area contributed by atoms with Crippen LogP contribution >= 0.6 is 0 Å². The van der Waals surface area contributed by atoms with Gasteiger partial charge in [-0.2, -0.15) is 0 Å². The van der Waals surface area contributed by atoms with Crippen LogP contribution in [0.3, 0.4) is 0 Å². The molecule has 0 aliphatic carbocycles. The van der Waals surface area contributed by atoms with Crippen molar-refractivity contribution in [2.45, 2.75) is 0 Å². The van der Waals surface area contributed by atoms with Gasteiger partial charge in [-0.05, 0) is 0 Å². The molecule has 0 heterocycles. The predicted octanol–water partition coefficient (Wildman–Crippen LogP) is -4.37. The van der Waals surface area contributed by atoms with Crippen LogP contribution in [0.4, 0.5) is 0 Å². The Labute approximate surface area is 41.8 Å². The minimum absolute atomic E-state index is 0. The maximum absolute atomic E-state index is 4.00. The van der Waals surface area contributed by atoms with Gasteiger partial charge >= 0.3 is 0 Å². The first-order valence-corrected chi connectivity index (χ1v) is 1.00. The number of hydrogen-bond donors (Lipinski definition) is 6. The maximum Gasteiger partial charge on any atom is -0.274 e. The normalized spacial score (nSPS) is 2.57. The molecule has 0 aromatic heterocycles. The summed E-state index contributed by atoms with van der Waals surface area (Å²) in [5.74, 6) is 24.0. The number of rotatable bonds is 0. The molecule has 0 unspecified atom stereocenters. The first-order valence-electron chi connectivity index (χ1n) is 1.00. The van der Waals surface area contributed by atoms with E-state index < -0.39 is 0 Å². The SMILES string of the molecule is NN.NN.NN.O. The first-order chi connectivity index (χ1) is 3.00. The Morgan fingerprint density at radius 2 is 0.429 bits per heavy atom. The van der Waals surface area contributed by atoms with Gasteiger partial charge in [0, 0.05) is 0 Å². The molecule has 7 nitrogen and oxygen atoms in total. The van der Waals surface area contributed by atoms with Gasteiger partial charge in [0.2, 0.25) is 0 Å². The van der Waals surface area contributed by atoms with E-state index in [9.17, 15) is 0 Å². The van der Waals surface area contributed by atoms with E-state index in [1.54, 1.807) is 0 Å². The molecule has 7 heavy (non-hydrogen) atoms. The molecule has 0 rings (SSSR count). The third-order valence-electron chi connectivity index (χ3n) is 0. The molecule has 0 aromatic rings. The van der Waals surface area contributed by atoms with Crippen LogP contribution in [0.1, 0.15) is 0 Å². The van der Waals surface area contributed by atoms with Gasteiger partial charge in [0.1, 0.15) is 0 Å². The molecular formula is H14N6O. The summed E-state index contributed by atoms with van der Waals surface area (Å²) in [5.41, 5.74) is 0. The van der Waals surface area contributed by atoms with Crippen LogP contribution in [0.2, 0.25) is 0 Å². The summed E-state index contributed by atoms with van der Waals surface area (Å²) in [6.07, 6.45) is 0. The van der Waals surface area contributed by atoms with Crippen molar-refractivity contribution in [2.75, 3.05) is 0 Å². The van der Waals surface area contributed by atoms with E-state index >= 15 is 0 Å². The average molecular weight is 114 g/mol. The molecule has 0 bridgehead atoms. The summed E-state index contributed by atoms with van der Waals surface area (Å²) in [4.78, 5) is 0. The van der Waals surface area contributed by atoms with Crippen molar-refractivity contribution in [3.8, 4) is 0 Å². The number of hydrogen-bond acceptors (Lipinski definition) is 6. The molecule has 0 fully saturated rings. The van der Waals surface area contributed by atoms with Crippen molar-refractivity contribution in [3.63, 3.8) is 0 Å². The number of hydrazine groups is 3. The van der Waals surface area contributed by atoms with Crippen LogP contribution in [0.15, 0.2) is 0 Å². The van der Waals surface area contributed by atoms with Crippen molar-refractivity contribution in [3.05, 3.63) is 0 Å². The molecule has 0 spiro atoms. The van der Waals surface area contributed by atoms with Gasteiger partial charge in [0.05, 0.1) is 0 Å². The molecule has 0 amide bonds. The van der Waals surface area contributed by atoms with Gasteiger partial charge in [-0.1, -0.05) is 0 Å². The fraction of sp³-hybridized carbons (Fsp3) is 0. The van der Waals surface area contributed by atoms with E-state index in [1.165, 1.54) is 0 Å². The van der Waals surface area contributed by atoms with Gasteiger partial charge in [-0.3, -0.25) is 35.1 Å². The van der Waals surface area contributed by atoms with E-state index in [4.69, 9.17) is 0 Å². The average Bonchev–Trinajstić information content (AvgIpc) is 1.81. The molecule has 0 radical (unpaired) electrons. The second kappa shape index (κ2) is 1630. The van der Waals surface area contributed by atoms with E-state index in [-0.39, 0.29) is 5.48 Å². The Kier molecular flexibility index (Phi) is 6900. The second-order valence-electron chi connectivity index (χ2n) is 0. The molecule has 0 saturated carbocycles. The minimum Gasteiger partial charge on any atom is -0.412 e. The number of nitrogens with two attached hydrogens (primary N) is 6. The summed E-state index contributed by atoms with van der Waals surface area (Å²) >= 11 is 0. The molecule has 0 aliphatic rings. The molecule has 0 saturated heterocycles. The summed E-state index contributed by atoms with van der Waals surface area (Å²) in [7, 11) is 0. The van der Waals surface area contributed by atoms with Crippen molar-refractivity contribution >= 4 is 0 Å². The molecule has 7 heteroatoms. The van der Waals surface area contributed by atoms with Crippen LogP contribution in [0.25, 0.3) is 0 Å². The summed E-state index contributed by atoms with van der Waals surface area (Å²) < 4.78 is 0. The van der Waals surface area contributed by atoms with E-state index in [1.807, 2.05) is 0 Å². The van der Waals surface area contributed by atoms with Gasteiger partial charge in [0.15, 0.2) is 0 Å². The van der Waals surface area contributed by atoms with Crippen molar-refractivity contribution in [1.82, 2.24) is 0 Å². The summed E-state index contributed by atoms with van der Waals surface area (Å²) in [5, 5.41) is 0. The van der Waals surface area contributed by atoms with Crippen LogP contribution in [0.5, 0.6) is 0 Å². The predicted molar refractivity (Wildman–Crippen MR) is 28.7 cm³/mol. The van der Waals surface area contributed by atoms with E-state index in [0.29, 0.717) is 0 Å². The van der Waals surface area contributed by atoms with Gasteiger partial charge in [0.25, 0.3) is 0 Å². The minimum atomic E-state index is 0. The Bertz CT molecular complexity index is 4.14. The highest BCUT2D eigenvalue weighted by Gasteiger charge is 0.730. The monoisotopic (exact) mass is 114 g/mol. The van der Waals surface area contributed by atoms with Gasteiger partial charge in [-0.25, -0.2) is 0 Å². The maximum atomic E-state index is 4.00. The lowest BCUT2D eigenvalue weighted by atomic mass is 13.0. The molecule has 0 aliphatic heterocycles. The standard InChI is InChI=1S/3H4N2.H2O/c3*1-2;/h3*1-2H2;1H2. The summed E-state index contributed by atoms with van der Waals surface area (Å²) in [6, 6.07) is 0. The zero-order valence-corrected chi connectivity index (χ0v) is 3.96. The van der Waals surface area contributed by atoms with Crippen LogP contribution in [0, 0.1) is 0 Å². The highest BCUT2D eigenvalue weighted by atomic mass is 16.0. The van der Waals surface area contributed by atoms with Crippen molar-refractivity contribution in [2.24, 2.45) is 35.1 Å². The smallest absolute Gasteiger partial charge is 0.274 e. The Morgan fingerprint density at radius 3 is 0.429 bits per heavy atom. The fourth-order valence-corrected chi connectivity index (χ4v) is 0. The third-order valence-corrected chi connectivity index (χ3v) is 0. The van der Waals surface area contributed by atoms with Crippen LogP contribution in [-0.2, 0) is 0 Å². The second-order valence-corrected chi connectivity index (χ2v) is 0. The fourth-order valence-electron chi connectivity index (χ4n) is 0. The molecule has 0 aromatic carbocycles. The van der Waals surface area contributed by atoms with Gasteiger partial charge in [-0.15, -0.1) is 0 Å². The lowest BCUT2D eigenvalue weighted by Gasteiger charge is -1.27. The zero-order chi connectivity index (χ0) is 6.00. The Balaban J connectivity index is -0.00000000900.